The molecule has 1 nitrogen and oxygen atoms in total. The number of halogens is 3. The second-order valence-electron chi connectivity index (χ2n) is 3.82. The highest BCUT2D eigenvalue weighted by atomic mass is 79.9. The minimum atomic E-state index is -0.519. The molecule has 18 heavy (non-hydrogen) atoms. The minimum Gasteiger partial charge on any atom is -0.294 e. The zero-order chi connectivity index (χ0) is 13.1. The molecule has 0 atom stereocenters. The van der Waals surface area contributed by atoms with Crippen LogP contribution < -0.4 is 0 Å². The van der Waals surface area contributed by atoms with Gasteiger partial charge in [-0.05, 0) is 29.8 Å². The number of ketones is 1. The predicted molar refractivity (Wildman–Crippen MR) is 73.6 cm³/mol. The molecule has 4 heteroatoms. The number of Topliss-reactive ketones (excluding diaryl/α,β-unsaturated/α-hetero) is 1. The van der Waals surface area contributed by atoms with Crippen LogP contribution in [0, 0.1) is 5.82 Å². The van der Waals surface area contributed by atoms with Crippen molar-refractivity contribution in [2.75, 3.05) is 0 Å². The lowest BCUT2D eigenvalue weighted by molar-refractivity contribution is 0.0993. The summed E-state index contributed by atoms with van der Waals surface area (Å²) >= 11 is 9.04. The normalized spacial score (nSPS) is 10.4. The van der Waals surface area contributed by atoms with Gasteiger partial charge in [0, 0.05) is 16.5 Å². The maximum Gasteiger partial charge on any atom is 0.167 e. The standard InChI is InChI=1S/C14H9BrClFO/c15-11-4-2-1-3-9(11)8-14(18)10-5-6-13(17)12(16)7-10/h1-7H,8H2. The lowest BCUT2D eigenvalue weighted by Crippen LogP contribution is -2.04. The van der Waals surface area contributed by atoms with Gasteiger partial charge in [0.2, 0.25) is 0 Å². The van der Waals surface area contributed by atoms with Gasteiger partial charge in [-0.1, -0.05) is 45.7 Å². The Bertz CT molecular complexity index is 598. The summed E-state index contributed by atoms with van der Waals surface area (Å²) in [5, 5.41) is -0.0343. The second kappa shape index (κ2) is 5.63. The molecule has 0 saturated heterocycles. The van der Waals surface area contributed by atoms with Crippen LogP contribution in [-0.4, -0.2) is 5.78 Å². The van der Waals surface area contributed by atoms with Crippen LogP contribution in [0.2, 0.25) is 5.02 Å². The fourth-order valence-electron chi connectivity index (χ4n) is 1.59. The highest BCUT2D eigenvalue weighted by molar-refractivity contribution is 9.10. The van der Waals surface area contributed by atoms with Gasteiger partial charge in [-0.15, -0.1) is 0 Å². The molecule has 0 aromatic heterocycles. The van der Waals surface area contributed by atoms with E-state index in [1.54, 1.807) is 0 Å². The van der Waals surface area contributed by atoms with E-state index in [0.29, 0.717) is 5.56 Å². The molecule has 0 heterocycles. The van der Waals surface area contributed by atoms with Gasteiger partial charge in [0.15, 0.2) is 5.78 Å². The van der Waals surface area contributed by atoms with Crippen molar-refractivity contribution in [1.29, 1.82) is 0 Å². The first-order valence-corrected chi connectivity index (χ1v) is 6.46. The first-order valence-electron chi connectivity index (χ1n) is 5.29. The number of rotatable bonds is 3. The van der Waals surface area contributed by atoms with Gasteiger partial charge in [0.1, 0.15) is 5.82 Å². The van der Waals surface area contributed by atoms with Crippen molar-refractivity contribution in [2.24, 2.45) is 0 Å². The van der Waals surface area contributed by atoms with Crippen LogP contribution in [0.5, 0.6) is 0 Å². The molecule has 2 aromatic carbocycles. The second-order valence-corrected chi connectivity index (χ2v) is 5.08. The van der Waals surface area contributed by atoms with Gasteiger partial charge in [0.25, 0.3) is 0 Å². The first-order chi connectivity index (χ1) is 8.58. The Balaban J connectivity index is 2.22. The summed E-state index contributed by atoms with van der Waals surface area (Å²) in [6.07, 6.45) is 0.253. The molecule has 0 aliphatic rings. The lowest BCUT2D eigenvalue weighted by Gasteiger charge is -2.04. The SMILES string of the molecule is O=C(Cc1ccccc1Br)c1ccc(F)c(Cl)c1. The van der Waals surface area contributed by atoms with Crippen molar-refractivity contribution in [3.05, 3.63) is 68.9 Å². The Labute approximate surface area is 118 Å². The van der Waals surface area contributed by atoms with E-state index < -0.39 is 5.82 Å². The molecule has 0 radical (unpaired) electrons. The molecule has 0 unspecified atom stereocenters. The van der Waals surface area contributed by atoms with Gasteiger partial charge < -0.3 is 0 Å². The van der Waals surface area contributed by atoms with Gasteiger partial charge in [-0.2, -0.15) is 0 Å². The van der Waals surface area contributed by atoms with Crippen LogP contribution in [0.1, 0.15) is 15.9 Å². The third-order valence-corrected chi connectivity index (χ3v) is 3.61. The van der Waals surface area contributed by atoms with Gasteiger partial charge >= 0.3 is 0 Å². The molecule has 0 saturated carbocycles. The monoisotopic (exact) mass is 326 g/mol. The largest absolute Gasteiger partial charge is 0.294 e. The first kappa shape index (κ1) is 13.2. The molecule has 0 spiro atoms. The highest BCUT2D eigenvalue weighted by Crippen LogP contribution is 2.20. The number of hydrogen-bond acceptors (Lipinski definition) is 1. The third-order valence-electron chi connectivity index (χ3n) is 2.55. The number of carbonyl (C=O) groups excluding carboxylic acids is 1. The summed E-state index contributed by atoms with van der Waals surface area (Å²) < 4.78 is 13.9. The predicted octanol–water partition coefficient (Wildman–Crippen LogP) is 4.67. The lowest BCUT2D eigenvalue weighted by atomic mass is 10.0. The van der Waals surface area contributed by atoms with Crippen LogP contribution in [0.15, 0.2) is 46.9 Å². The molecule has 2 aromatic rings. The smallest absolute Gasteiger partial charge is 0.167 e. The van der Waals surface area contributed by atoms with Crippen molar-refractivity contribution < 1.29 is 9.18 Å². The molecule has 0 N–H and O–H groups in total. The summed E-state index contributed by atoms with van der Waals surface area (Å²) in [4.78, 5) is 12.0. The van der Waals surface area contributed by atoms with Crippen molar-refractivity contribution in [1.82, 2.24) is 0 Å². The number of carbonyl (C=O) groups is 1. The maximum absolute atomic E-state index is 13.0. The van der Waals surface area contributed by atoms with Gasteiger partial charge in [-0.3, -0.25) is 4.79 Å². The fraction of sp³-hybridized carbons (Fsp3) is 0.0714. The van der Waals surface area contributed by atoms with Crippen LogP contribution in [0.4, 0.5) is 4.39 Å². The molecule has 92 valence electrons. The maximum atomic E-state index is 13.0. The Kier molecular flexibility index (Phi) is 4.15. The minimum absolute atomic E-state index is 0.0343. The Morgan fingerprint density at radius 3 is 2.61 bits per heavy atom. The Morgan fingerprint density at radius 1 is 1.22 bits per heavy atom. The number of hydrogen-bond donors (Lipinski definition) is 0. The summed E-state index contributed by atoms with van der Waals surface area (Å²) in [5.74, 6) is -0.613. The molecule has 0 amide bonds. The average Bonchev–Trinajstić information content (AvgIpc) is 2.35. The molecule has 0 aliphatic carbocycles. The molecular formula is C14H9BrClFO. The Morgan fingerprint density at radius 2 is 1.94 bits per heavy atom. The van der Waals surface area contributed by atoms with Crippen LogP contribution in [0.3, 0.4) is 0 Å². The van der Waals surface area contributed by atoms with Crippen LogP contribution >= 0.6 is 27.5 Å². The van der Waals surface area contributed by atoms with E-state index in [9.17, 15) is 9.18 Å². The van der Waals surface area contributed by atoms with E-state index in [1.807, 2.05) is 24.3 Å². The quantitative estimate of drug-likeness (QED) is 0.749. The fourth-order valence-corrected chi connectivity index (χ4v) is 2.19. The summed E-state index contributed by atoms with van der Waals surface area (Å²) in [6, 6.07) is 11.5. The van der Waals surface area contributed by atoms with Crippen molar-refractivity contribution >= 4 is 33.3 Å². The highest BCUT2D eigenvalue weighted by Gasteiger charge is 2.11. The summed E-state index contributed by atoms with van der Waals surface area (Å²) in [6.45, 7) is 0. The van der Waals surface area contributed by atoms with E-state index in [0.717, 1.165) is 10.0 Å². The van der Waals surface area contributed by atoms with E-state index in [-0.39, 0.29) is 17.2 Å². The van der Waals surface area contributed by atoms with Crippen molar-refractivity contribution in [3.63, 3.8) is 0 Å². The van der Waals surface area contributed by atoms with E-state index in [2.05, 4.69) is 15.9 Å². The summed E-state index contributed by atoms with van der Waals surface area (Å²) in [7, 11) is 0. The zero-order valence-corrected chi connectivity index (χ0v) is 11.6. The molecular weight excluding hydrogens is 319 g/mol. The summed E-state index contributed by atoms with van der Waals surface area (Å²) in [5.41, 5.74) is 1.31. The van der Waals surface area contributed by atoms with E-state index in [4.69, 9.17) is 11.6 Å². The van der Waals surface area contributed by atoms with E-state index in [1.165, 1.54) is 18.2 Å². The van der Waals surface area contributed by atoms with Crippen LogP contribution in [-0.2, 0) is 6.42 Å². The molecule has 2 rings (SSSR count). The zero-order valence-electron chi connectivity index (χ0n) is 9.29. The van der Waals surface area contributed by atoms with Gasteiger partial charge in [-0.25, -0.2) is 4.39 Å². The van der Waals surface area contributed by atoms with Crippen molar-refractivity contribution in [2.45, 2.75) is 6.42 Å². The van der Waals surface area contributed by atoms with Crippen LogP contribution in [0.25, 0.3) is 0 Å². The molecule has 0 fully saturated rings. The van der Waals surface area contributed by atoms with E-state index >= 15 is 0 Å². The molecule has 0 bridgehead atoms. The Hall–Kier alpha value is -1.19. The number of benzene rings is 2. The van der Waals surface area contributed by atoms with Gasteiger partial charge in [0.05, 0.1) is 5.02 Å². The molecule has 0 aliphatic heterocycles. The topological polar surface area (TPSA) is 17.1 Å². The average molecular weight is 328 g/mol. The van der Waals surface area contributed by atoms with Crippen molar-refractivity contribution in [3.8, 4) is 0 Å². The third kappa shape index (κ3) is 2.98.